The Balaban J connectivity index is 2.47. The molecule has 2 N–H and O–H groups in total. The fourth-order valence-corrected chi connectivity index (χ4v) is 3.69. The molecule has 2 atom stereocenters. The van der Waals surface area contributed by atoms with Crippen molar-refractivity contribution in [3.05, 3.63) is 0 Å². The van der Waals surface area contributed by atoms with Crippen molar-refractivity contribution in [2.24, 2.45) is 5.92 Å². The Morgan fingerprint density at radius 3 is 2.65 bits per heavy atom. The Labute approximate surface area is 125 Å². The first-order chi connectivity index (χ1) is 9.42. The quantitative estimate of drug-likeness (QED) is 0.758. The summed E-state index contributed by atoms with van der Waals surface area (Å²) in [5.74, 6) is 0.391. The number of amides is 2. The molecule has 2 amide bonds. The van der Waals surface area contributed by atoms with Crippen molar-refractivity contribution in [2.75, 3.05) is 18.8 Å². The smallest absolute Gasteiger partial charge is 0.323 e. The highest BCUT2D eigenvalue weighted by atomic mass is 32.2. The van der Waals surface area contributed by atoms with Crippen LogP contribution in [-0.2, 0) is 4.79 Å². The summed E-state index contributed by atoms with van der Waals surface area (Å²) in [5.41, 5.74) is 0. The molecule has 0 spiro atoms. The minimum atomic E-state index is -0.966. The van der Waals surface area contributed by atoms with E-state index in [-0.39, 0.29) is 24.5 Å². The van der Waals surface area contributed by atoms with Crippen LogP contribution in [0.25, 0.3) is 0 Å². The van der Waals surface area contributed by atoms with Gasteiger partial charge in [-0.3, -0.25) is 4.79 Å². The number of carbonyl (C=O) groups is 2. The highest BCUT2D eigenvalue weighted by Crippen LogP contribution is 2.29. The highest BCUT2D eigenvalue weighted by molar-refractivity contribution is 7.99. The van der Waals surface area contributed by atoms with Crippen molar-refractivity contribution in [2.45, 2.75) is 51.3 Å². The normalized spacial score (nSPS) is 22.0. The van der Waals surface area contributed by atoms with Gasteiger partial charge in [0.1, 0.15) is 6.54 Å². The third-order valence-corrected chi connectivity index (χ3v) is 4.55. The van der Waals surface area contributed by atoms with Crippen LogP contribution in [0.2, 0.25) is 0 Å². The minimum absolute atomic E-state index is 0.190. The first-order valence-electron chi connectivity index (χ1n) is 7.31. The van der Waals surface area contributed by atoms with Gasteiger partial charge in [0.25, 0.3) is 0 Å². The molecule has 20 heavy (non-hydrogen) atoms. The molecule has 0 aromatic rings. The van der Waals surface area contributed by atoms with Crippen LogP contribution in [0.15, 0.2) is 0 Å². The molecule has 5 nitrogen and oxygen atoms in total. The monoisotopic (exact) mass is 302 g/mol. The standard InChI is InChI=1S/C14H26N2O3S/c1-4-20-12-6-5-11(7-12)15-14(19)16(8-10(2)3)9-13(17)18/h10-12H,4-9H2,1-3H3,(H,15,19)(H,17,18). The average Bonchev–Trinajstić information content (AvgIpc) is 2.75. The minimum Gasteiger partial charge on any atom is -0.480 e. The van der Waals surface area contributed by atoms with Gasteiger partial charge in [0.05, 0.1) is 0 Å². The number of urea groups is 1. The summed E-state index contributed by atoms with van der Waals surface area (Å²) in [5, 5.41) is 12.5. The van der Waals surface area contributed by atoms with Gasteiger partial charge >= 0.3 is 12.0 Å². The largest absolute Gasteiger partial charge is 0.480 e. The number of carboxylic acids is 1. The third-order valence-electron chi connectivity index (χ3n) is 3.31. The zero-order valence-corrected chi connectivity index (χ0v) is 13.4. The maximum Gasteiger partial charge on any atom is 0.323 e. The number of aliphatic carboxylic acids is 1. The third kappa shape index (κ3) is 6.03. The summed E-state index contributed by atoms with van der Waals surface area (Å²) < 4.78 is 0. The Kier molecular flexibility index (Phi) is 7.19. The van der Waals surface area contributed by atoms with Crippen molar-refractivity contribution < 1.29 is 14.7 Å². The van der Waals surface area contributed by atoms with Gasteiger partial charge in [0.15, 0.2) is 0 Å². The van der Waals surface area contributed by atoms with Crippen LogP contribution >= 0.6 is 11.8 Å². The van der Waals surface area contributed by atoms with E-state index in [1.54, 1.807) is 0 Å². The van der Waals surface area contributed by atoms with Gasteiger partial charge in [-0.1, -0.05) is 20.8 Å². The van der Waals surface area contributed by atoms with E-state index in [0.29, 0.717) is 11.8 Å². The fraction of sp³-hybridized carbons (Fsp3) is 0.857. The Morgan fingerprint density at radius 1 is 1.40 bits per heavy atom. The fourth-order valence-electron chi connectivity index (χ4n) is 2.55. The van der Waals surface area contributed by atoms with Gasteiger partial charge in [0.2, 0.25) is 0 Å². The number of rotatable bonds is 7. The molecule has 0 radical (unpaired) electrons. The SMILES string of the molecule is CCSC1CCC(NC(=O)N(CC(=O)O)CC(C)C)C1. The first kappa shape index (κ1) is 17.1. The van der Waals surface area contributed by atoms with Crippen LogP contribution in [0.4, 0.5) is 4.79 Å². The zero-order valence-electron chi connectivity index (χ0n) is 12.6. The summed E-state index contributed by atoms with van der Waals surface area (Å²) in [6.07, 6.45) is 3.12. The summed E-state index contributed by atoms with van der Waals surface area (Å²) in [7, 11) is 0. The first-order valence-corrected chi connectivity index (χ1v) is 8.36. The van der Waals surface area contributed by atoms with Crippen LogP contribution < -0.4 is 5.32 Å². The molecule has 2 unspecified atom stereocenters. The predicted octanol–water partition coefficient (Wildman–Crippen LogP) is 2.41. The van der Waals surface area contributed by atoms with Gasteiger partial charge < -0.3 is 15.3 Å². The highest BCUT2D eigenvalue weighted by Gasteiger charge is 2.27. The molecule has 1 rings (SSSR count). The molecule has 6 heteroatoms. The van der Waals surface area contributed by atoms with E-state index < -0.39 is 5.97 Å². The van der Waals surface area contributed by atoms with Crippen molar-refractivity contribution in [1.82, 2.24) is 10.2 Å². The summed E-state index contributed by atoms with van der Waals surface area (Å²) in [6, 6.07) is -0.0525. The molecule has 0 aliphatic heterocycles. The van der Waals surface area contributed by atoms with Gasteiger partial charge in [-0.15, -0.1) is 0 Å². The predicted molar refractivity (Wildman–Crippen MR) is 82.1 cm³/mol. The second-order valence-corrected chi connectivity index (χ2v) is 7.28. The summed E-state index contributed by atoms with van der Waals surface area (Å²) >= 11 is 1.94. The maximum atomic E-state index is 12.2. The second-order valence-electron chi connectivity index (χ2n) is 5.70. The van der Waals surface area contributed by atoms with E-state index in [0.717, 1.165) is 25.0 Å². The molecule has 0 aromatic carbocycles. The van der Waals surface area contributed by atoms with Gasteiger partial charge in [-0.05, 0) is 30.9 Å². The van der Waals surface area contributed by atoms with Gasteiger partial charge in [0, 0.05) is 17.8 Å². The Hall–Kier alpha value is -0.910. The number of hydrogen-bond acceptors (Lipinski definition) is 3. The van der Waals surface area contributed by atoms with E-state index in [9.17, 15) is 9.59 Å². The van der Waals surface area contributed by atoms with E-state index in [2.05, 4.69) is 12.2 Å². The number of nitrogens with zero attached hydrogens (tertiary/aromatic N) is 1. The Morgan fingerprint density at radius 2 is 2.10 bits per heavy atom. The molecule has 1 aliphatic rings. The maximum absolute atomic E-state index is 12.2. The Bertz CT molecular complexity index is 336. The van der Waals surface area contributed by atoms with E-state index in [1.165, 1.54) is 4.90 Å². The molecule has 0 bridgehead atoms. The van der Waals surface area contributed by atoms with Crippen molar-refractivity contribution in [3.8, 4) is 0 Å². The molecular formula is C14H26N2O3S. The zero-order chi connectivity index (χ0) is 15.1. The number of thioether (sulfide) groups is 1. The molecule has 0 saturated heterocycles. The summed E-state index contributed by atoms with van der Waals surface area (Å²) in [6.45, 7) is 6.34. The molecule has 0 heterocycles. The number of carboxylic acid groups (broad SMARTS) is 1. The summed E-state index contributed by atoms with van der Waals surface area (Å²) in [4.78, 5) is 24.4. The van der Waals surface area contributed by atoms with Crippen LogP contribution in [0, 0.1) is 5.92 Å². The van der Waals surface area contributed by atoms with Crippen molar-refractivity contribution in [1.29, 1.82) is 0 Å². The van der Waals surface area contributed by atoms with Crippen LogP contribution in [0.1, 0.15) is 40.0 Å². The number of hydrogen-bond donors (Lipinski definition) is 2. The molecule has 1 saturated carbocycles. The lowest BCUT2D eigenvalue weighted by molar-refractivity contribution is -0.137. The van der Waals surface area contributed by atoms with Crippen LogP contribution in [-0.4, -0.2) is 52.1 Å². The van der Waals surface area contributed by atoms with Gasteiger partial charge in [-0.25, -0.2) is 4.79 Å². The van der Waals surface area contributed by atoms with Gasteiger partial charge in [-0.2, -0.15) is 11.8 Å². The van der Waals surface area contributed by atoms with Crippen LogP contribution in [0.3, 0.4) is 0 Å². The lowest BCUT2D eigenvalue weighted by Crippen LogP contribution is -2.47. The number of nitrogens with one attached hydrogen (secondary N) is 1. The number of carbonyl (C=O) groups excluding carboxylic acids is 1. The van der Waals surface area contributed by atoms with Crippen LogP contribution in [0.5, 0.6) is 0 Å². The second kappa shape index (κ2) is 8.39. The topological polar surface area (TPSA) is 69.6 Å². The molecular weight excluding hydrogens is 276 g/mol. The van der Waals surface area contributed by atoms with E-state index in [1.807, 2.05) is 25.6 Å². The van der Waals surface area contributed by atoms with E-state index >= 15 is 0 Å². The average molecular weight is 302 g/mol. The molecule has 1 fully saturated rings. The van der Waals surface area contributed by atoms with Crippen molar-refractivity contribution in [3.63, 3.8) is 0 Å². The molecule has 0 aromatic heterocycles. The lowest BCUT2D eigenvalue weighted by atomic mass is 10.2. The van der Waals surface area contributed by atoms with E-state index in [4.69, 9.17) is 5.11 Å². The molecule has 116 valence electrons. The van der Waals surface area contributed by atoms with Crippen molar-refractivity contribution >= 4 is 23.8 Å². The lowest BCUT2D eigenvalue weighted by Gasteiger charge is -2.25. The molecule has 1 aliphatic carbocycles.